The molecule has 0 saturated heterocycles. The largest absolute Gasteiger partial charge is 0.461 e. The van der Waals surface area contributed by atoms with E-state index in [1.165, 1.54) is 0 Å². The molecular weight excluding hydrogens is 450 g/mol. The summed E-state index contributed by atoms with van der Waals surface area (Å²) in [5.41, 5.74) is -0.968. The van der Waals surface area contributed by atoms with E-state index in [2.05, 4.69) is 73.3 Å². The highest BCUT2D eigenvalue weighted by atomic mass is 16.5. The van der Waals surface area contributed by atoms with Crippen LogP contribution in [0.5, 0.6) is 0 Å². The van der Waals surface area contributed by atoms with Gasteiger partial charge < -0.3 is 14.4 Å². The number of carbonyl (C=O) groups is 2. The van der Waals surface area contributed by atoms with Gasteiger partial charge in [0.05, 0.1) is 5.41 Å². The molecule has 0 aromatic carbocycles. The molecule has 0 aromatic heterocycles. The fraction of sp³-hybridized carbons (Fsp3) is 0.871. The van der Waals surface area contributed by atoms with Gasteiger partial charge in [0.1, 0.15) is 12.7 Å². The van der Waals surface area contributed by atoms with E-state index >= 15 is 0 Å². The van der Waals surface area contributed by atoms with Gasteiger partial charge in [0, 0.05) is 11.8 Å². The number of allylic oxidation sites excluding steroid dienone is 1. The number of nitrogens with zero attached hydrogens (tertiary/aromatic N) is 1. The average Bonchev–Trinajstić information content (AvgIpc) is 2.72. The number of esters is 2. The molecule has 0 aliphatic rings. The summed E-state index contributed by atoms with van der Waals surface area (Å²) in [7, 11) is 4.01. The first-order valence-electron chi connectivity index (χ1n) is 14.1. The first kappa shape index (κ1) is 34.6. The molecule has 0 N–H and O–H groups in total. The summed E-state index contributed by atoms with van der Waals surface area (Å²) in [4.78, 5) is 28.0. The summed E-state index contributed by atoms with van der Waals surface area (Å²) < 4.78 is 11.9. The number of carbonyl (C=O) groups excluding carboxylic acids is 2. The molecule has 0 fully saturated rings. The number of ether oxygens (including phenoxy) is 2. The summed E-state index contributed by atoms with van der Waals surface area (Å²) in [5.74, 6) is 0.780. The van der Waals surface area contributed by atoms with Crippen molar-refractivity contribution in [1.29, 1.82) is 0 Å². The predicted octanol–water partition coefficient (Wildman–Crippen LogP) is 7.54. The van der Waals surface area contributed by atoms with Crippen LogP contribution in [0.15, 0.2) is 12.2 Å². The SMILES string of the molecule is CCC(C)(CC(C)(C)C(=O)OC/C=C/C(C)(C)CC(C)C)C(OC(=O)CCCN(C)C)C(C)C(C)C. The normalized spacial score (nSPS) is 16.4. The van der Waals surface area contributed by atoms with Crippen LogP contribution >= 0.6 is 0 Å². The maximum absolute atomic E-state index is 13.1. The Morgan fingerprint density at radius 3 is 2.03 bits per heavy atom. The Morgan fingerprint density at radius 1 is 0.972 bits per heavy atom. The summed E-state index contributed by atoms with van der Waals surface area (Å²) >= 11 is 0. The Labute approximate surface area is 223 Å². The second-order valence-corrected chi connectivity index (χ2v) is 13.6. The molecule has 5 heteroatoms. The molecule has 0 heterocycles. The second kappa shape index (κ2) is 15.1. The standard InChI is InChI=1S/C31H59NO4/c1-14-31(11,27(25(6)24(4)5)36-26(33)17-15-19-32(12)13)22-30(9,10)28(34)35-20-16-18-29(7,8)21-23(2)3/h16,18,23-25,27H,14-15,17,19-22H2,1-13H3/b18-16+. The summed E-state index contributed by atoms with van der Waals surface area (Å²) in [6.45, 7) is 24.7. The van der Waals surface area contributed by atoms with Crippen LogP contribution in [0.4, 0.5) is 0 Å². The van der Waals surface area contributed by atoms with E-state index in [1.54, 1.807) is 0 Å². The van der Waals surface area contributed by atoms with Crippen molar-refractivity contribution in [3.63, 3.8) is 0 Å². The van der Waals surface area contributed by atoms with Crippen molar-refractivity contribution in [2.45, 2.75) is 114 Å². The minimum absolute atomic E-state index is 0.0769. The lowest BCUT2D eigenvalue weighted by Gasteiger charge is -2.44. The van der Waals surface area contributed by atoms with E-state index in [1.807, 2.05) is 34.0 Å². The van der Waals surface area contributed by atoms with Gasteiger partial charge in [0.25, 0.3) is 0 Å². The van der Waals surface area contributed by atoms with Crippen molar-refractivity contribution in [3.05, 3.63) is 12.2 Å². The molecule has 3 atom stereocenters. The Kier molecular flexibility index (Phi) is 14.6. The highest BCUT2D eigenvalue weighted by molar-refractivity contribution is 5.76. The van der Waals surface area contributed by atoms with Crippen molar-refractivity contribution in [3.8, 4) is 0 Å². The second-order valence-electron chi connectivity index (χ2n) is 13.6. The third kappa shape index (κ3) is 12.7. The van der Waals surface area contributed by atoms with Crippen LogP contribution < -0.4 is 0 Å². The van der Waals surface area contributed by atoms with Crippen LogP contribution in [0.3, 0.4) is 0 Å². The topological polar surface area (TPSA) is 55.8 Å². The molecule has 0 spiro atoms. The zero-order valence-electron chi connectivity index (χ0n) is 26.0. The lowest BCUT2D eigenvalue weighted by atomic mass is 9.65. The zero-order valence-corrected chi connectivity index (χ0v) is 26.0. The van der Waals surface area contributed by atoms with Gasteiger partial charge in [-0.15, -0.1) is 0 Å². The van der Waals surface area contributed by atoms with Gasteiger partial charge in [0.2, 0.25) is 0 Å². The van der Waals surface area contributed by atoms with E-state index in [0.29, 0.717) is 24.7 Å². The summed E-state index contributed by atoms with van der Waals surface area (Å²) in [6.07, 6.45) is 7.51. The minimum atomic E-state index is -0.696. The van der Waals surface area contributed by atoms with Gasteiger partial charge in [0.15, 0.2) is 0 Å². The Hall–Kier alpha value is -1.36. The molecule has 0 saturated carbocycles. The third-order valence-electron chi connectivity index (χ3n) is 7.48. The molecule has 0 rings (SSSR count). The lowest BCUT2D eigenvalue weighted by Crippen LogP contribution is -2.46. The number of rotatable bonds is 17. The number of hydrogen-bond acceptors (Lipinski definition) is 5. The van der Waals surface area contributed by atoms with Crippen LogP contribution in [-0.2, 0) is 19.1 Å². The van der Waals surface area contributed by atoms with Gasteiger partial charge in [-0.25, -0.2) is 0 Å². The maximum Gasteiger partial charge on any atom is 0.311 e. The van der Waals surface area contributed by atoms with E-state index in [4.69, 9.17) is 9.47 Å². The monoisotopic (exact) mass is 509 g/mol. The molecule has 0 bridgehead atoms. The van der Waals surface area contributed by atoms with Crippen LogP contribution in [0.25, 0.3) is 0 Å². The molecule has 0 aliphatic carbocycles. The molecular formula is C31H59NO4. The van der Waals surface area contributed by atoms with Crippen molar-refractivity contribution >= 4 is 11.9 Å². The Balaban J connectivity index is 5.46. The molecule has 212 valence electrons. The lowest BCUT2D eigenvalue weighted by molar-refractivity contribution is -0.168. The van der Waals surface area contributed by atoms with Crippen molar-refractivity contribution in [1.82, 2.24) is 4.90 Å². The van der Waals surface area contributed by atoms with Gasteiger partial charge in [-0.3, -0.25) is 9.59 Å². The van der Waals surface area contributed by atoms with Crippen molar-refractivity contribution in [2.75, 3.05) is 27.2 Å². The average molecular weight is 510 g/mol. The van der Waals surface area contributed by atoms with Crippen LogP contribution in [0, 0.1) is 34.0 Å². The van der Waals surface area contributed by atoms with Crippen molar-refractivity contribution in [2.24, 2.45) is 34.0 Å². The third-order valence-corrected chi connectivity index (χ3v) is 7.48. The van der Waals surface area contributed by atoms with Crippen LogP contribution in [0.2, 0.25) is 0 Å². The zero-order chi connectivity index (χ0) is 28.3. The summed E-state index contributed by atoms with van der Waals surface area (Å²) in [5, 5.41) is 0. The fourth-order valence-electron chi connectivity index (χ4n) is 5.29. The smallest absolute Gasteiger partial charge is 0.311 e. The van der Waals surface area contributed by atoms with E-state index < -0.39 is 5.41 Å². The molecule has 0 radical (unpaired) electrons. The predicted molar refractivity (Wildman–Crippen MR) is 152 cm³/mol. The molecule has 0 aliphatic heterocycles. The molecule has 3 unspecified atom stereocenters. The molecule has 0 amide bonds. The van der Waals surface area contributed by atoms with E-state index in [0.717, 1.165) is 25.8 Å². The minimum Gasteiger partial charge on any atom is -0.461 e. The van der Waals surface area contributed by atoms with Crippen LogP contribution in [-0.4, -0.2) is 50.2 Å². The summed E-state index contributed by atoms with van der Waals surface area (Å²) in [6, 6.07) is 0. The quantitative estimate of drug-likeness (QED) is 0.150. The number of hydrogen-bond donors (Lipinski definition) is 0. The van der Waals surface area contributed by atoms with E-state index in [-0.39, 0.29) is 41.4 Å². The van der Waals surface area contributed by atoms with Gasteiger partial charge in [-0.2, -0.15) is 0 Å². The van der Waals surface area contributed by atoms with Gasteiger partial charge >= 0.3 is 11.9 Å². The first-order valence-corrected chi connectivity index (χ1v) is 14.1. The van der Waals surface area contributed by atoms with Gasteiger partial charge in [-0.1, -0.05) is 74.5 Å². The Morgan fingerprint density at radius 2 is 1.56 bits per heavy atom. The molecule has 36 heavy (non-hydrogen) atoms. The first-order chi connectivity index (χ1) is 16.4. The van der Waals surface area contributed by atoms with Crippen molar-refractivity contribution < 1.29 is 19.1 Å². The van der Waals surface area contributed by atoms with Crippen LogP contribution in [0.1, 0.15) is 108 Å². The molecule has 5 nitrogen and oxygen atoms in total. The fourth-order valence-corrected chi connectivity index (χ4v) is 5.29. The van der Waals surface area contributed by atoms with E-state index in [9.17, 15) is 9.59 Å². The highest BCUT2D eigenvalue weighted by Crippen LogP contribution is 2.45. The molecule has 0 aromatic rings. The highest BCUT2D eigenvalue weighted by Gasteiger charge is 2.46. The Bertz CT molecular complexity index is 693. The van der Waals surface area contributed by atoms with Gasteiger partial charge in [-0.05, 0) is 83.3 Å². The maximum atomic E-state index is 13.1.